The van der Waals surface area contributed by atoms with Gasteiger partial charge in [0, 0.05) is 24.7 Å². The highest BCUT2D eigenvalue weighted by Crippen LogP contribution is 2.31. The molecule has 0 unspecified atom stereocenters. The Balaban J connectivity index is 1.59. The van der Waals surface area contributed by atoms with Gasteiger partial charge in [-0.15, -0.1) is 0 Å². The highest BCUT2D eigenvalue weighted by Gasteiger charge is 2.33. The summed E-state index contributed by atoms with van der Waals surface area (Å²) in [6.45, 7) is 0.294. The van der Waals surface area contributed by atoms with Crippen molar-refractivity contribution >= 4 is 41.0 Å². The molecule has 0 fully saturated rings. The van der Waals surface area contributed by atoms with Gasteiger partial charge in [-0.1, -0.05) is 29.8 Å². The van der Waals surface area contributed by atoms with Gasteiger partial charge in [-0.3, -0.25) is 14.4 Å². The molecule has 1 aliphatic rings. The van der Waals surface area contributed by atoms with Gasteiger partial charge in [0.05, 0.1) is 23.4 Å². The number of carbonyl (C=O) groups is 3. The fraction of sp³-hybridized carbons (Fsp3) is 0.115. The summed E-state index contributed by atoms with van der Waals surface area (Å²) in [5.74, 6) is -1.27. The highest BCUT2D eigenvalue weighted by atomic mass is 35.5. The van der Waals surface area contributed by atoms with E-state index in [4.69, 9.17) is 16.3 Å². The number of nitrogens with one attached hydrogen (secondary N) is 1. The van der Waals surface area contributed by atoms with Crippen molar-refractivity contribution in [2.24, 2.45) is 0 Å². The van der Waals surface area contributed by atoms with Crippen molar-refractivity contribution in [3.05, 3.63) is 99.3 Å². The number of carbonyl (C=O) groups excluding carboxylic acids is 3. The molecule has 1 N–H and O–H groups in total. The number of likely N-dealkylation sites (N-methyl/N-ethyl adjacent to an activating group) is 1. The minimum atomic E-state index is -0.599. The van der Waals surface area contributed by atoms with Gasteiger partial charge in [0.15, 0.2) is 0 Å². The van der Waals surface area contributed by atoms with Crippen molar-refractivity contribution in [3.63, 3.8) is 0 Å². The Morgan fingerprint density at radius 2 is 1.82 bits per heavy atom. The molecule has 0 saturated heterocycles. The molecule has 172 valence electrons. The van der Waals surface area contributed by atoms with Crippen LogP contribution in [0.3, 0.4) is 0 Å². The molecule has 0 radical (unpaired) electrons. The average molecular weight is 479 g/mol. The van der Waals surface area contributed by atoms with Crippen molar-refractivity contribution in [3.8, 4) is 5.75 Å². The molecule has 3 aromatic carbocycles. The highest BCUT2D eigenvalue weighted by molar-refractivity contribution is 6.37. The molecular weight excluding hydrogens is 459 g/mol. The quantitative estimate of drug-likeness (QED) is 0.427. The lowest BCUT2D eigenvalue weighted by atomic mass is 9.92. The number of amides is 2. The predicted molar refractivity (Wildman–Crippen MR) is 128 cm³/mol. The summed E-state index contributed by atoms with van der Waals surface area (Å²) in [6.07, 6.45) is 1.37. The topological polar surface area (TPSA) is 75.7 Å². The van der Waals surface area contributed by atoms with E-state index in [0.717, 1.165) is 11.6 Å². The van der Waals surface area contributed by atoms with E-state index >= 15 is 0 Å². The normalized spacial score (nSPS) is 14.2. The van der Waals surface area contributed by atoms with Gasteiger partial charge in [0.2, 0.25) is 5.78 Å². The molecule has 34 heavy (non-hydrogen) atoms. The van der Waals surface area contributed by atoms with Crippen LogP contribution in [-0.4, -0.2) is 31.8 Å². The number of rotatable bonds is 5. The van der Waals surface area contributed by atoms with E-state index in [9.17, 15) is 18.8 Å². The van der Waals surface area contributed by atoms with Crippen molar-refractivity contribution in [1.82, 2.24) is 5.32 Å². The monoisotopic (exact) mass is 478 g/mol. The van der Waals surface area contributed by atoms with E-state index in [-0.39, 0.29) is 27.6 Å². The zero-order valence-corrected chi connectivity index (χ0v) is 19.2. The predicted octanol–water partition coefficient (Wildman–Crippen LogP) is 4.66. The molecule has 0 atom stereocenters. The lowest BCUT2D eigenvalue weighted by Crippen LogP contribution is -2.37. The first-order chi connectivity index (χ1) is 16.3. The SMILES string of the molecule is COc1ccc(CNC(=O)c2ccc3c(c2)C(=O)/C(=C/c2ccc(F)c(Cl)c2)C(=O)N3C)cc1. The van der Waals surface area contributed by atoms with Crippen LogP contribution >= 0.6 is 11.6 Å². The maximum Gasteiger partial charge on any atom is 0.262 e. The largest absolute Gasteiger partial charge is 0.497 e. The number of ketones is 1. The third-order valence-corrected chi connectivity index (χ3v) is 5.80. The van der Waals surface area contributed by atoms with Gasteiger partial charge in [0.25, 0.3) is 11.8 Å². The minimum Gasteiger partial charge on any atom is -0.497 e. The van der Waals surface area contributed by atoms with Crippen molar-refractivity contribution in [1.29, 1.82) is 0 Å². The maximum absolute atomic E-state index is 13.5. The summed E-state index contributed by atoms with van der Waals surface area (Å²) in [6, 6.07) is 15.8. The first-order valence-corrected chi connectivity index (χ1v) is 10.7. The van der Waals surface area contributed by atoms with Gasteiger partial charge < -0.3 is 15.0 Å². The lowest BCUT2D eigenvalue weighted by molar-refractivity contribution is -0.114. The van der Waals surface area contributed by atoms with Crippen LogP contribution in [0.15, 0.2) is 66.2 Å². The number of hydrogen-bond acceptors (Lipinski definition) is 4. The standard InChI is InChI=1S/C26H20ClFN2O4/c1-30-23-10-6-17(25(32)29-14-15-3-7-18(34-2)8-4-15)13-19(23)24(31)20(26(30)33)11-16-5-9-22(28)21(27)12-16/h3-13H,14H2,1-2H3,(H,29,32)/b20-11-. The number of benzene rings is 3. The molecule has 1 aliphatic heterocycles. The molecule has 0 spiro atoms. The Kier molecular flexibility index (Phi) is 6.47. The molecule has 6 nitrogen and oxygen atoms in total. The summed E-state index contributed by atoms with van der Waals surface area (Å²) in [4.78, 5) is 40.1. The molecule has 0 saturated carbocycles. The van der Waals surface area contributed by atoms with Crippen LogP contribution in [0.5, 0.6) is 5.75 Å². The van der Waals surface area contributed by atoms with Crippen LogP contribution in [0.1, 0.15) is 31.8 Å². The Morgan fingerprint density at radius 3 is 2.50 bits per heavy atom. The van der Waals surface area contributed by atoms with Crippen molar-refractivity contribution < 1.29 is 23.5 Å². The van der Waals surface area contributed by atoms with Crippen LogP contribution in [-0.2, 0) is 11.3 Å². The van der Waals surface area contributed by atoms with Gasteiger partial charge in [0.1, 0.15) is 11.6 Å². The minimum absolute atomic E-state index is 0.103. The first-order valence-electron chi connectivity index (χ1n) is 10.3. The Labute approximate surface area is 200 Å². The average Bonchev–Trinajstić information content (AvgIpc) is 2.85. The molecule has 8 heteroatoms. The molecule has 0 bridgehead atoms. The van der Waals surface area contributed by atoms with Crippen LogP contribution in [0.4, 0.5) is 10.1 Å². The lowest BCUT2D eigenvalue weighted by Gasteiger charge is -2.27. The number of nitrogens with zero attached hydrogens (tertiary/aromatic N) is 1. The number of anilines is 1. The summed E-state index contributed by atoms with van der Waals surface area (Å²) >= 11 is 5.82. The van der Waals surface area contributed by atoms with E-state index in [1.807, 2.05) is 12.1 Å². The number of hydrogen-bond donors (Lipinski definition) is 1. The summed E-state index contributed by atoms with van der Waals surface area (Å²) in [7, 11) is 3.12. The molecule has 0 aromatic heterocycles. The van der Waals surface area contributed by atoms with Crippen LogP contribution in [0, 0.1) is 5.82 Å². The second kappa shape index (κ2) is 9.49. The fourth-order valence-corrected chi connectivity index (χ4v) is 3.80. The molecule has 4 rings (SSSR count). The van der Waals surface area contributed by atoms with E-state index < -0.39 is 17.5 Å². The Hall–Kier alpha value is -3.97. The maximum atomic E-state index is 13.5. The first kappa shape index (κ1) is 23.2. The second-order valence-electron chi connectivity index (χ2n) is 7.69. The van der Waals surface area contributed by atoms with Gasteiger partial charge in [-0.2, -0.15) is 0 Å². The van der Waals surface area contributed by atoms with E-state index in [1.165, 1.54) is 29.2 Å². The van der Waals surface area contributed by atoms with Gasteiger partial charge in [-0.25, -0.2) is 4.39 Å². The summed E-state index contributed by atoms with van der Waals surface area (Å²) in [5, 5.41) is 2.70. The number of fused-ring (bicyclic) bond motifs is 1. The Morgan fingerprint density at radius 1 is 1.09 bits per heavy atom. The molecule has 1 heterocycles. The smallest absolute Gasteiger partial charge is 0.262 e. The molecule has 3 aromatic rings. The van der Waals surface area contributed by atoms with Crippen molar-refractivity contribution in [2.45, 2.75) is 6.54 Å². The summed E-state index contributed by atoms with van der Waals surface area (Å²) < 4.78 is 18.6. The third kappa shape index (κ3) is 4.56. The molecule has 0 aliphatic carbocycles. The fourth-order valence-electron chi connectivity index (χ4n) is 3.61. The van der Waals surface area contributed by atoms with Gasteiger partial charge in [-0.05, 0) is 59.7 Å². The van der Waals surface area contributed by atoms with Gasteiger partial charge >= 0.3 is 0 Å². The van der Waals surface area contributed by atoms with Crippen LogP contribution in [0.25, 0.3) is 6.08 Å². The van der Waals surface area contributed by atoms with Crippen LogP contribution in [0.2, 0.25) is 5.02 Å². The number of ether oxygens (including phenoxy) is 1. The zero-order valence-electron chi connectivity index (χ0n) is 18.4. The molecular formula is C26H20ClFN2O4. The summed E-state index contributed by atoms with van der Waals surface area (Å²) in [5.41, 5.74) is 2.10. The van der Waals surface area contributed by atoms with Crippen LogP contribution < -0.4 is 15.0 Å². The third-order valence-electron chi connectivity index (χ3n) is 5.51. The van der Waals surface area contributed by atoms with E-state index in [0.29, 0.717) is 23.5 Å². The number of methoxy groups -OCH3 is 1. The number of Topliss-reactive ketones (excluding diaryl/α,β-unsaturated/α-hetero) is 1. The Bertz CT molecular complexity index is 1340. The zero-order chi connectivity index (χ0) is 24.4. The van der Waals surface area contributed by atoms with Crippen molar-refractivity contribution in [2.75, 3.05) is 19.1 Å². The number of halogens is 2. The second-order valence-corrected chi connectivity index (χ2v) is 8.09. The molecule has 2 amide bonds. The van der Waals surface area contributed by atoms with E-state index in [2.05, 4.69) is 5.32 Å². The van der Waals surface area contributed by atoms with E-state index in [1.54, 1.807) is 38.4 Å².